The molecule has 1 aromatic heterocycles. The minimum atomic E-state index is -0.0987. The fourth-order valence-corrected chi connectivity index (χ4v) is 4.54. The number of hydrogen-bond acceptors (Lipinski definition) is 3. The van der Waals surface area contributed by atoms with Gasteiger partial charge in [-0.05, 0) is 46.4 Å². The number of hydrogen-bond donors (Lipinski definition) is 0. The van der Waals surface area contributed by atoms with E-state index in [9.17, 15) is 4.79 Å². The van der Waals surface area contributed by atoms with Crippen LogP contribution in [0.1, 0.15) is 36.3 Å². The molecule has 0 fully saturated rings. The van der Waals surface area contributed by atoms with E-state index in [1.165, 1.54) is 0 Å². The van der Waals surface area contributed by atoms with E-state index in [1.54, 1.807) is 12.1 Å². The third-order valence-corrected chi connectivity index (χ3v) is 5.79. The lowest BCUT2D eigenvalue weighted by Gasteiger charge is -2.31. The van der Waals surface area contributed by atoms with Crippen molar-refractivity contribution in [1.82, 2.24) is 4.98 Å². The molecule has 1 heterocycles. The van der Waals surface area contributed by atoms with Crippen molar-refractivity contribution in [1.29, 1.82) is 5.39 Å². The van der Waals surface area contributed by atoms with Crippen LogP contribution in [0.15, 0.2) is 60.7 Å². The first-order valence-corrected chi connectivity index (χ1v) is 9.80. The number of carbonyl (C=O) groups is 1. The highest BCUT2D eigenvalue weighted by Crippen LogP contribution is 2.43. The Bertz CT molecular complexity index is 1340. The number of pyridine rings is 1. The maximum atomic E-state index is 13.3. The standard InChI is InChI=1S/C25H20N3O/c1-25(2)13-20-24(21(29)14-25)22(16-7-10-17(28-26)11-8-16)23-18-6-4-3-5-15(18)9-12-19(23)27-20/h3-12H,13-14H2,1-2H3/q+1. The first-order valence-electron chi connectivity index (χ1n) is 9.80. The molecule has 1 aliphatic carbocycles. The molecule has 29 heavy (non-hydrogen) atoms. The SMILES string of the molecule is CC1(C)CC(=O)c2c(nc3ccc4ccccc4c3c2-c2ccc([N+]#N)cc2)C1. The van der Waals surface area contributed by atoms with E-state index in [4.69, 9.17) is 10.4 Å². The van der Waals surface area contributed by atoms with Crippen molar-refractivity contribution in [3.05, 3.63) is 76.9 Å². The Labute approximate surface area is 168 Å². The van der Waals surface area contributed by atoms with Gasteiger partial charge in [-0.15, -0.1) is 0 Å². The molecule has 140 valence electrons. The number of diazo groups is 1. The maximum Gasteiger partial charge on any atom is 0.385 e. The largest absolute Gasteiger partial charge is 0.385 e. The molecule has 0 amide bonds. The molecule has 0 radical (unpaired) electrons. The Kier molecular flexibility index (Phi) is 3.75. The Morgan fingerprint density at radius 2 is 1.69 bits per heavy atom. The zero-order valence-electron chi connectivity index (χ0n) is 16.4. The third-order valence-electron chi connectivity index (χ3n) is 5.79. The number of ketones is 1. The topological polar surface area (TPSA) is 58.1 Å². The highest BCUT2D eigenvalue weighted by atomic mass is 16.1. The van der Waals surface area contributed by atoms with Gasteiger partial charge >= 0.3 is 5.69 Å². The van der Waals surface area contributed by atoms with Crippen molar-refractivity contribution in [2.24, 2.45) is 5.41 Å². The van der Waals surface area contributed by atoms with E-state index in [-0.39, 0.29) is 11.2 Å². The molecule has 0 spiro atoms. The molecule has 0 aliphatic heterocycles. The van der Waals surface area contributed by atoms with Gasteiger partial charge in [-0.25, -0.2) is 0 Å². The number of nitrogens with zero attached hydrogens (tertiary/aromatic N) is 3. The van der Waals surface area contributed by atoms with Crippen LogP contribution in [0.2, 0.25) is 0 Å². The first-order chi connectivity index (χ1) is 14.0. The number of benzene rings is 3. The van der Waals surface area contributed by atoms with E-state index < -0.39 is 0 Å². The molecule has 0 N–H and O–H groups in total. The van der Waals surface area contributed by atoms with E-state index in [2.05, 4.69) is 37.0 Å². The summed E-state index contributed by atoms with van der Waals surface area (Å²) in [6.07, 6.45) is 1.28. The van der Waals surface area contributed by atoms with Gasteiger partial charge < -0.3 is 0 Å². The molecule has 0 bridgehead atoms. The zero-order valence-corrected chi connectivity index (χ0v) is 16.4. The normalized spacial score (nSPS) is 15.3. The van der Waals surface area contributed by atoms with Crippen LogP contribution in [-0.4, -0.2) is 10.8 Å². The predicted molar refractivity (Wildman–Crippen MR) is 116 cm³/mol. The zero-order chi connectivity index (χ0) is 20.2. The molecule has 3 aromatic carbocycles. The van der Waals surface area contributed by atoms with Crippen molar-refractivity contribution in [3.8, 4) is 11.1 Å². The van der Waals surface area contributed by atoms with E-state index in [0.717, 1.165) is 50.5 Å². The molecule has 4 nitrogen and oxygen atoms in total. The lowest BCUT2D eigenvalue weighted by molar-refractivity contribution is 0.0911. The minimum absolute atomic E-state index is 0.0987. The van der Waals surface area contributed by atoms with Gasteiger partial charge in [-0.2, -0.15) is 0 Å². The van der Waals surface area contributed by atoms with Crippen molar-refractivity contribution >= 4 is 33.1 Å². The lowest BCUT2D eigenvalue weighted by atomic mass is 9.73. The van der Waals surface area contributed by atoms with Gasteiger partial charge in [-0.1, -0.05) is 44.2 Å². The molecule has 4 heteroatoms. The second-order valence-corrected chi connectivity index (χ2v) is 8.58. The summed E-state index contributed by atoms with van der Waals surface area (Å²) >= 11 is 0. The van der Waals surface area contributed by atoms with Gasteiger partial charge in [0.2, 0.25) is 5.39 Å². The van der Waals surface area contributed by atoms with E-state index in [1.807, 2.05) is 30.3 Å². The summed E-state index contributed by atoms with van der Waals surface area (Å²) in [5.74, 6) is 0.143. The highest BCUT2D eigenvalue weighted by molar-refractivity contribution is 6.19. The Morgan fingerprint density at radius 1 is 0.931 bits per heavy atom. The lowest BCUT2D eigenvalue weighted by Crippen LogP contribution is -2.28. The fourth-order valence-electron chi connectivity index (χ4n) is 4.54. The molecule has 4 aromatic rings. The maximum absolute atomic E-state index is 13.3. The molecule has 0 saturated carbocycles. The van der Waals surface area contributed by atoms with Crippen molar-refractivity contribution in [2.45, 2.75) is 26.7 Å². The number of Topliss-reactive ketones (excluding diaryl/α,β-unsaturated/α-hetero) is 1. The van der Waals surface area contributed by atoms with Crippen LogP contribution >= 0.6 is 0 Å². The fraction of sp³-hybridized carbons (Fsp3) is 0.200. The predicted octanol–water partition coefficient (Wildman–Crippen LogP) is 6.69. The van der Waals surface area contributed by atoms with Crippen molar-refractivity contribution in [3.63, 3.8) is 0 Å². The van der Waals surface area contributed by atoms with Crippen LogP contribution in [0.3, 0.4) is 0 Å². The Morgan fingerprint density at radius 3 is 2.45 bits per heavy atom. The second kappa shape index (κ2) is 6.22. The van der Waals surface area contributed by atoms with Gasteiger partial charge in [0.1, 0.15) is 0 Å². The molecule has 5 rings (SSSR count). The van der Waals surface area contributed by atoms with Crippen molar-refractivity contribution < 1.29 is 4.79 Å². The van der Waals surface area contributed by atoms with E-state index >= 15 is 0 Å². The van der Waals surface area contributed by atoms with Gasteiger partial charge in [-0.3, -0.25) is 9.78 Å². The summed E-state index contributed by atoms with van der Waals surface area (Å²) in [5, 5.41) is 12.3. The summed E-state index contributed by atoms with van der Waals surface area (Å²) in [6, 6.07) is 19.7. The molecule has 0 atom stereocenters. The number of carbonyl (C=O) groups excluding carboxylic acids is 1. The van der Waals surface area contributed by atoms with Crippen molar-refractivity contribution in [2.75, 3.05) is 0 Å². The van der Waals surface area contributed by atoms with Crippen LogP contribution < -0.4 is 0 Å². The highest BCUT2D eigenvalue weighted by Gasteiger charge is 2.35. The second-order valence-electron chi connectivity index (χ2n) is 8.58. The van der Waals surface area contributed by atoms with Gasteiger partial charge in [0.25, 0.3) is 0 Å². The summed E-state index contributed by atoms with van der Waals surface area (Å²) in [5.41, 5.74) is 4.77. The first kappa shape index (κ1) is 17.5. The van der Waals surface area contributed by atoms with Crippen LogP contribution in [0.4, 0.5) is 5.69 Å². The van der Waals surface area contributed by atoms with Crippen LogP contribution in [0.25, 0.3) is 37.8 Å². The monoisotopic (exact) mass is 378 g/mol. The Balaban J connectivity index is 1.95. The molecule has 1 aliphatic rings. The van der Waals surface area contributed by atoms with E-state index in [0.29, 0.717) is 12.1 Å². The van der Waals surface area contributed by atoms with Gasteiger partial charge in [0.05, 0.1) is 11.2 Å². The van der Waals surface area contributed by atoms with Crippen LogP contribution in [0, 0.1) is 10.8 Å². The smallest absolute Gasteiger partial charge is 0.294 e. The number of rotatable bonds is 1. The number of aromatic nitrogens is 1. The molecular weight excluding hydrogens is 358 g/mol. The average molecular weight is 378 g/mol. The summed E-state index contributed by atoms with van der Waals surface area (Å²) in [4.78, 5) is 21.5. The number of fused-ring (bicyclic) bond motifs is 4. The van der Waals surface area contributed by atoms with Crippen LogP contribution in [0.5, 0.6) is 0 Å². The van der Waals surface area contributed by atoms with Gasteiger partial charge in [0, 0.05) is 35.1 Å². The van der Waals surface area contributed by atoms with Gasteiger partial charge in [0.15, 0.2) is 10.8 Å². The third kappa shape index (κ3) is 2.78. The molecule has 0 unspecified atom stereocenters. The summed E-state index contributed by atoms with van der Waals surface area (Å²) < 4.78 is 0. The summed E-state index contributed by atoms with van der Waals surface area (Å²) in [6.45, 7) is 4.24. The minimum Gasteiger partial charge on any atom is -0.294 e. The average Bonchev–Trinajstić information content (AvgIpc) is 2.71. The molecule has 0 saturated heterocycles. The molecular formula is C25H20N3O+. The Hall–Kier alpha value is -3.58. The quantitative estimate of drug-likeness (QED) is 0.274. The van der Waals surface area contributed by atoms with Crippen LogP contribution in [-0.2, 0) is 6.42 Å². The summed E-state index contributed by atoms with van der Waals surface area (Å²) in [7, 11) is 0.